The predicted molar refractivity (Wildman–Crippen MR) is 127 cm³/mol. The average molecular weight is 492 g/mol. The summed E-state index contributed by atoms with van der Waals surface area (Å²) in [5.74, 6) is 0.0473. The number of benzene rings is 2. The number of anilines is 2. The molecule has 2 aliphatic heterocycles. The minimum Gasteiger partial charge on any atom is -0.312 e. The summed E-state index contributed by atoms with van der Waals surface area (Å²) < 4.78 is 55.5. The standard InChI is InChI=1S/C23H29N3O5S2/c1-3-24(4-2)32(28,29)21-13-14-22-18(17-21)7-5-16-26(22)33(30,31)20-11-9-19(10-12-20)25-15-6-8-23(25)27/h9-14,17H,3-8,15-16H2,1-2H3. The fourth-order valence-electron chi connectivity index (χ4n) is 4.51. The first-order valence-corrected chi connectivity index (χ1v) is 14.1. The quantitative estimate of drug-likeness (QED) is 0.593. The van der Waals surface area contributed by atoms with Crippen molar-refractivity contribution >= 4 is 37.3 Å². The van der Waals surface area contributed by atoms with Crippen molar-refractivity contribution in [1.82, 2.24) is 4.31 Å². The van der Waals surface area contributed by atoms with Crippen LogP contribution < -0.4 is 9.21 Å². The van der Waals surface area contributed by atoms with Gasteiger partial charge in [0.25, 0.3) is 10.0 Å². The van der Waals surface area contributed by atoms with E-state index < -0.39 is 20.0 Å². The van der Waals surface area contributed by atoms with E-state index >= 15 is 0 Å². The Morgan fingerprint density at radius 1 is 0.848 bits per heavy atom. The summed E-state index contributed by atoms with van der Waals surface area (Å²) in [6.07, 6.45) is 2.52. The van der Waals surface area contributed by atoms with Crippen LogP contribution in [0.3, 0.4) is 0 Å². The molecule has 1 saturated heterocycles. The molecule has 0 spiro atoms. The first-order chi connectivity index (χ1) is 15.7. The van der Waals surface area contributed by atoms with Crippen LogP contribution in [0.25, 0.3) is 0 Å². The Bertz CT molecular complexity index is 1250. The van der Waals surface area contributed by atoms with Crippen molar-refractivity contribution in [3.63, 3.8) is 0 Å². The van der Waals surface area contributed by atoms with Gasteiger partial charge in [-0.3, -0.25) is 9.10 Å². The summed E-state index contributed by atoms with van der Waals surface area (Å²) in [6, 6.07) is 11.1. The molecule has 2 aromatic rings. The van der Waals surface area contributed by atoms with E-state index in [0.717, 1.165) is 6.42 Å². The molecule has 0 atom stereocenters. The van der Waals surface area contributed by atoms with Gasteiger partial charge in [0.2, 0.25) is 15.9 Å². The Balaban J connectivity index is 1.65. The number of fused-ring (bicyclic) bond motifs is 1. The molecule has 1 fully saturated rings. The molecule has 0 radical (unpaired) electrons. The van der Waals surface area contributed by atoms with E-state index in [1.165, 1.54) is 26.8 Å². The highest BCUT2D eigenvalue weighted by molar-refractivity contribution is 7.92. The van der Waals surface area contributed by atoms with E-state index in [2.05, 4.69) is 0 Å². The van der Waals surface area contributed by atoms with Gasteiger partial charge in [0.15, 0.2) is 0 Å². The van der Waals surface area contributed by atoms with Crippen molar-refractivity contribution < 1.29 is 21.6 Å². The third-order valence-electron chi connectivity index (χ3n) is 6.28. The molecule has 178 valence electrons. The lowest BCUT2D eigenvalue weighted by molar-refractivity contribution is -0.117. The summed E-state index contributed by atoms with van der Waals surface area (Å²) in [5.41, 5.74) is 1.91. The zero-order valence-electron chi connectivity index (χ0n) is 18.9. The molecular formula is C23H29N3O5S2. The highest BCUT2D eigenvalue weighted by Crippen LogP contribution is 2.34. The van der Waals surface area contributed by atoms with Crippen molar-refractivity contribution in [3.05, 3.63) is 48.0 Å². The van der Waals surface area contributed by atoms with Crippen molar-refractivity contribution in [2.24, 2.45) is 0 Å². The Hall–Kier alpha value is -2.43. The summed E-state index contributed by atoms with van der Waals surface area (Å²) in [7, 11) is -7.46. The van der Waals surface area contributed by atoms with Crippen LogP contribution >= 0.6 is 0 Å². The van der Waals surface area contributed by atoms with Gasteiger partial charge in [0.05, 0.1) is 15.5 Å². The van der Waals surface area contributed by atoms with Gasteiger partial charge in [-0.1, -0.05) is 13.8 Å². The van der Waals surface area contributed by atoms with Crippen LogP contribution in [-0.4, -0.2) is 53.2 Å². The van der Waals surface area contributed by atoms with Gasteiger partial charge in [-0.05, 0) is 67.3 Å². The number of sulfonamides is 2. The minimum atomic E-state index is -3.83. The normalized spacial score (nSPS) is 17.0. The molecule has 0 saturated carbocycles. The monoisotopic (exact) mass is 491 g/mol. The average Bonchev–Trinajstić information content (AvgIpc) is 3.24. The maximum atomic E-state index is 13.4. The lowest BCUT2D eigenvalue weighted by atomic mass is 10.0. The molecule has 0 aromatic heterocycles. The Labute approximate surface area is 195 Å². The summed E-state index contributed by atoms with van der Waals surface area (Å²) in [4.78, 5) is 14.0. The number of hydrogen-bond acceptors (Lipinski definition) is 5. The molecular weight excluding hydrogens is 462 g/mol. The van der Waals surface area contributed by atoms with Crippen LogP contribution in [0.5, 0.6) is 0 Å². The maximum absolute atomic E-state index is 13.4. The second kappa shape index (κ2) is 9.08. The Morgan fingerprint density at radius 2 is 1.48 bits per heavy atom. The van der Waals surface area contributed by atoms with E-state index in [1.807, 2.05) is 0 Å². The lowest BCUT2D eigenvalue weighted by Gasteiger charge is -2.31. The van der Waals surface area contributed by atoms with Gasteiger partial charge in [-0.25, -0.2) is 16.8 Å². The second-order valence-corrected chi connectivity index (χ2v) is 12.0. The van der Waals surface area contributed by atoms with Crippen LogP contribution in [0.1, 0.15) is 38.7 Å². The summed E-state index contributed by atoms with van der Waals surface area (Å²) >= 11 is 0. The highest BCUT2D eigenvalue weighted by atomic mass is 32.2. The fraction of sp³-hybridized carbons (Fsp3) is 0.435. The first kappa shape index (κ1) is 23.7. The van der Waals surface area contributed by atoms with Gasteiger partial charge in [-0.2, -0.15) is 4.31 Å². The Morgan fingerprint density at radius 3 is 2.09 bits per heavy atom. The second-order valence-electron chi connectivity index (χ2n) is 8.20. The number of rotatable bonds is 7. The first-order valence-electron chi connectivity index (χ1n) is 11.3. The zero-order chi connectivity index (χ0) is 23.8. The fourth-order valence-corrected chi connectivity index (χ4v) is 7.56. The minimum absolute atomic E-state index is 0.0473. The molecule has 2 aromatic carbocycles. The largest absolute Gasteiger partial charge is 0.312 e. The van der Waals surface area contributed by atoms with Crippen molar-refractivity contribution in [2.45, 2.75) is 49.3 Å². The topological polar surface area (TPSA) is 95.1 Å². The van der Waals surface area contributed by atoms with E-state index in [9.17, 15) is 21.6 Å². The smallest absolute Gasteiger partial charge is 0.264 e. The molecule has 2 heterocycles. The van der Waals surface area contributed by atoms with Gasteiger partial charge in [0.1, 0.15) is 0 Å². The van der Waals surface area contributed by atoms with Crippen LogP contribution in [0, 0.1) is 0 Å². The van der Waals surface area contributed by atoms with Crippen molar-refractivity contribution in [3.8, 4) is 0 Å². The molecule has 0 unspecified atom stereocenters. The van der Waals surface area contributed by atoms with Crippen LogP contribution in [0.15, 0.2) is 52.3 Å². The molecule has 0 N–H and O–H groups in total. The molecule has 33 heavy (non-hydrogen) atoms. The van der Waals surface area contributed by atoms with E-state index in [-0.39, 0.29) is 15.7 Å². The van der Waals surface area contributed by atoms with Crippen molar-refractivity contribution in [2.75, 3.05) is 35.4 Å². The molecule has 8 nitrogen and oxygen atoms in total. The summed E-state index contributed by atoms with van der Waals surface area (Å²) in [6.45, 7) is 5.29. The molecule has 0 bridgehead atoms. The van der Waals surface area contributed by atoms with Crippen molar-refractivity contribution in [1.29, 1.82) is 0 Å². The van der Waals surface area contributed by atoms with E-state index in [4.69, 9.17) is 0 Å². The maximum Gasteiger partial charge on any atom is 0.264 e. The molecule has 1 amide bonds. The lowest BCUT2D eigenvalue weighted by Crippen LogP contribution is -2.36. The molecule has 4 rings (SSSR count). The van der Waals surface area contributed by atoms with Gasteiger partial charge >= 0.3 is 0 Å². The third-order valence-corrected chi connectivity index (χ3v) is 10.2. The number of amides is 1. The third kappa shape index (κ3) is 4.27. The number of nitrogens with zero attached hydrogens (tertiary/aromatic N) is 3. The Kier molecular flexibility index (Phi) is 6.52. The number of hydrogen-bond donors (Lipinski definition) is 0. The predicted octanol–water partition coefficient (Wildman–Crippen LogP) is 2.99. The number of aryl methyl sites for hydroxylation is 1. The van der Waals surface area contributed by atoms with Crippen LogP contribution in [0.2, 0.25) is 0 Å². The molecule has 2 aliphatic rings. The SMILES string of the molecule is CCN(CC)S(=O)(=O)c1ccc2c(c1)CCCN2S(=O)(=O)c1ccc(N2CCCC2=O)cc1. The van der Waals surface area contributed by atoms with Gasteiger partial charge in [0, 0.05) is 38.3 Å². The van der Waals surface area contributed by atoms with E-state index in [1.54, 1.807) is 43.0 Å². The van der Waals surface area contributed by atoms with Gasteiger partial charge in [-0.15, -0.1) is 0 Å². The van der Waals surface area contributed by atoms with Crippen LogP contribution in [-0.2, 0) is 31.3 Å². The van der Waals surface area contributed by atoms with Gasteiger partial charge < -0.3 is 4.90 Å². The number of carbonyl (C=O) groups excluding carboxylic acids is 1. The zero-order valence-corrected chi connectivity index (χ0v) is 20.5. The molecule has 10 heteroatoms. The molecule has 0 aliphatic carbocycles. The summed E-state index contributed by atoms with van der Waals surface area (Å²) in [5, 5.41) is 0. The van der Waals surface area contributed by atoms with E-state index in [0.29, 0.717) is 62.4 Å². The van der Waals surface area contributed by atoms with Crippen LogP contribution in [0.4, 0.5) is 11.4 Å². The number of carbonyl (C=O) groups is 1. The highest BCUT2D eigenvalue weighted by Gasteiger charge is 2.31.